The number of rotatable bonds is 3. The van der Waals surface area contributed by atoms with E-state index in [1.165, 1.54) is 36.8 Å². The summed E-state index contributed by atoms with van der Waals surface area (Å²) in [7, 11) is 0. The van der Waals surface area contributed by atoms with Gasteiger partial charge in [0, 0.05) is 16.9 Å². The van der Waals surface area contributed by atoms with Crippen LogP contribution in [0.25, 0.3) is 0 Å². The van der Waals surface area contributed by atoms with Gasteiger partial charge in [0.2, 0.25) is 0 Å². The Hall–Kier alpha value is -0.470. The smallest absolute Gasteiger partial charge is 0.268 e. The van der Waals surface area contributed by atoms with E-state index in [2.05, 4.69) is 0 Å². The molecule has 1 heterocycles. The third kappa shape index (κ3) is 3.02. The minimum atomic E-state index is 0.517. The normalized spacial score (nSPS) is 17.4. The van der Waals surface area contributed by atoms with Gasteiger partial charge in [-0.15, -0.1) is 0 Å². The van der Waals surface area contributed by atoms with Gasteiger partial charge in [-0.3, -0.25) is 4.84 Å². The number of halogens is 2. The molecule has 0 atom stereocenters. The van der Waals surface area contributed by atoms with E-state index >= 15 is 0 Å². The molecular formula is C12H16Cl2NO+. The molecule has 0 radical (unpaired) electrons. The number of aromatic nitrogens is 1. The van der Waals surface area contributed by atoms with Crippen molar-refractivity contribution in [1.29, 1.82) is 0 Å². The highest BCUT2D eigenvalue weighted by atomic mass is 35.5. The molecule has 1 fully saturated rings. The van der Waals surface area contributed by atoms with Gasteiger partial charge in [-0.05, 0) is 48.0 Å². The number of hydrogen-bond donors (Lipinski definition) is 0. The molecule has 0 aliphatic heterocycles. The minimum Gasteiger partial charge on any atom is -0.268 e. The number of pyridine rings is 1. The van der Waals surface area contributed by atoms with Crippen LogP contribution in [-0.4, -0.2) is 6.61 Å². The Morgan fingerprint density at radius 2 is 1.75 bits per heavy atom. The SMILES string of the molecule is Clc1cccc(Cl)[n+]1OCC1CCCCC1. The fraction of sp³-hybridized carbons (Fsp3) is 0.583. The summed E-state index contributed by atoms with van der Waals surface area (Å²) >= 11 is 12.0. The average Bonchev–Trinajstić information content (AvgIpc) is 2.30. The van der Waals surface area contributed by atoms with Crippen molar-refractivity contribution in [3.05, 3.63) is 28.5 Å². The fourth-order valence-corrected chi connectivity index (χ4v) is 2.57. The summed E-state index contributed by atoms with van der Waals surface area (Å²) in [5.74, 6) is 0.647. The summed E-state index contributed by atoms with van der Waals surface area (Å²) in [6.07, 6.45) is 6.49. The average molecular weight is 261 g/mol. The van der Waals surface area contributed by atoms with Crippen molar-refractivity contribution in [1.82, 2.24) is 0 Å². The lowest BCUT2D eigenvalue weighted by molar-refractivity contribution is -0.888. The van der Waals surface area contributed by atoms with Gasteiger partial charge in [0.15, 0.2) is 6.61 Å². The summed E-state index contributed by atoms with van der Waals surface area (Å²) in [5, 5.41) is 1.03. The molecule has 0 aromatic carbocycles. The molecule has 0 unspecified atom stereocenters. The highest BCUT2D eigenvalue weighted by Crippen LogP contribution is 2.23. The molecule has 88 valence electrons. The zero-order valence-electron chi connectivity index (χ0n) is 9.16. The molecule has 0 N–H and O–H groups in total. The van der Waals surface area contributed by atoms with Crippen LogP contribution in [-0.2, 0) is 0 Å². The predicted octanol–water partition coefficient (Wildman–Crippen LogP) is 3.29. The van der Waals surface area contributed by atoms with Crippen LogP contribution in [0, 0.1) is 5.92 Å². The van der Waals surface area contributed by atoms with Gasteiger partial charge in [0.1, 0.15) is 0 Å². The van der Waals surface area contributed by atoms with Crippen LogP contribution in [0.5, 0.6) is 0 Å². The van der Waals surface area contributed by atoms with Crippen LogP contribution in [0.3, 0.4) is 0 Å². The van der Waals surface area contributed by atoms with Crippen molar-refractivity contribution in [3.63, 3.8) is 0 Å². The second-order valence-electron chi connectivity index (χ2n) is 4.27. The summed E-state index contributed by atoms with van der Waals surface area (Å²) in [5.41, 5.74) is 0. The maximum absolute atomic E-state index is 6.00. The lowest BCUT2D eigenvalue weighted by Crippen LogP contribution is -2.46. The standard InChI is InChI=1S/C12H16Cl2NO/c13-11-7-4-8-12(14)15(11)16-9-10-5-2-1-3-6-10/h4,7-8,10H,1-3,5-6,9H2/q+1. The molecule has 1 saturated carbocycles. The molecule has 0 spiro atoms. The maximum atomic E-state index is 6.00. The molecule has 0 bridgehead atoms. The van der Waals surface area contributed by atoms with E-state index in [0.29, 0.717) is 22.8 Å². The molecule has 1 aromatic heterocycles. The Morgan fingerprint density at radius 3 is 2.38 bits per heavy atom. The third-order valence-electron chi connectivity index (χ3n) is 3.02. The van der Waals surface area contributed by atoms with Crippen LogP contribution in [0.15, 0.2) is 18.2 Å². The van der Waals surface area contributed by atoms with Gasteiger partial charge in [-0.25, -0.2) is 0 Å². The molecule has 4 heteroatoms. The Kier molecular flexibility index (Phi) is 4.30. The molecule has 0 amide bonds. The molecule has 1 aliphatic rings. The second kappa shape index (κ2) is 5.74. The molecule has 0 saturated heterocycles. The van der Waals surface area contributed by atoms with Crippen molar-refractivity contribution in [3.8, 4) is 0 Å². The quantitative estimate of drug-likeness (QED) is 0.601. The first-order valence-corrected chi connectivity index (χ1v) is 6.52. The lowest BCUT2D eigenvalue weighted by atomic mass is 9.90. The van der Waals surface area contributed by atoms with Gasteiger partial charge in [-0.1, -0.05) is 19.3 Å². The zero-order chi connectivity index (χ0) is 11.4. The van der Waals surface area contributed by atoms with Gasteiger partial charge in [-0.2, -0.15) is 0 Å². The Bertz CT molecular complexity index is 331. The minimum absolute atomic E-state index is 0.517. The molecule has 1 aliphatic carbocycles. The highest BCUT2D eigenvalue weighted by molar-refractivity contribution is 6.30. The fourth-order valence-electron chi connectivity index (χ4n) is 2.10. The van der Waals surface area contributed by atoms with Crippen LogP contribution in [0.4, 0.5) is 0 Å². The van der Waals surface area contributed by atoms with E-state index in [9.17, 15) is 0 Å². The van der Waals surface area contributed by atoms with Crippen molar-refractivity contribution in [2.24, 2.45) is 5.92 Å². The van der Waals surface area contributed by atoms with E-state index in [1.54, 1.807) is 12.1 Å². The second-order valence-corrected chi connectivity index (χ2v) is 5.04. The van der Waals surface area contributed by atoms with Crippen molar-refractivity contribution >= 4 is 23.2 Å². The number of hydrogen-bond acceptors (Lipinski definition) is 1. The molecule has 1 aromatic rings. The van der Waals surface area contributed by atoms with E-state index in [1.807, 2.05) is 6.07 Å². The first kappa shape index (κ1) is 12.0. The monoisotopic (exact) mass is 260 g/mol. The first-order valence-electron chi connectivity index (χ1n) is 5.77. The third-order valence-corrected chi connectivity index (χ3v) is 3.58. The van der Waals surface area contributed by atoms with Crippen LogP contribution < -0.4 is 9.57 Å². The first-order chi connectivity index (χ1) is 7.77. The molecular weight excluding hydrogens is 245 g/mol. The lowest BCUT2D eigenvalue weighted by Gasteiger charge is -2.19. The topological polar surface area (TPSA) is 13.1 Å². The number of nitrogens with zero attached hydrogens (tertiary/aromatic N) is 1. The van der Waals surface area contributed by atoms with E-state index < -0.39 is 0 Å². The zero-order valence-corrected chi connectivity index (χ0v) is 10.7. The van der Waals surface area contributed by atoms with Crippen molar-refractivity contribution in [2.75, 3.05) is 6.61 Å². The summed E-state index contributed by atoms with van der Waals surface area (Å²) in [6, 6.07) is 5.35. The maximum Gasteiger partial charge on any atom is 0.327 e. The van der Waals surface area contributed by atoms with Crippen LogP contribution in [0.2, 0.25) is 10.3 Å². The van der Waals surface area contributed by atoms with E-state index in [-0.39, 0.29) is 0 Å². The van der Waals surface area contributed by atoms with Crippen LogP contribution in [0.1, 0.15) is 32.1 Å². The van der Waals surface area contributed by atoms with E-state index in [4.69, 9.17) is 28.0 Å². The highest BCUT2D eigenvalue weighted by Gasteiger charge is 2.20. The summed E-state index contributed by atoms with van der Waals surface area (Å²) in [6.45, 7) is 0.703. The van der Waals surface area contributed by atoms with Gasteiger partial charge < -0.3 is 0 Å². The van der Waals surface area contributed by atoms with Gasteiger partial charge in [0.05, 0.1) is 0 Å². The van der Waals surface area contributed by atoms with Crippen molar-refractivity contribution < 1.29 is 9.57 Å². The van der Waals surface area contributed by atoms with Gasteiger partial charge in [0.25, 0.3) is 0 Å². The summed E-state index contributed by atoms with van der Waals surface area (Å²) < 4.78 is 1.50. The Morgan fingerprint density at radius 1 is 1.12 bits per heavy atom. The van der Waals surface area contributed by atoms with Crippen LogP contribution >= 0.6 is 23.2 Å². The van der Waals surface area contributed by atoms with Gasteiger partial charge >= 0.3 is 10.3 Å². The molecule has 2 nitrogen and oxygen atoms in total. The van der Waals surface area contributed by atoms with E-state index in [0.717, 1.165) is 0 Å². The Labute approximate surface area is 106 Å². The molecule has 2 rings (SSSR count). The van der Waals surface area contributed by atoms with Crippen molar-refractivity contribution in [2.45, 2.75) is 32.1 Å². The largest absolute Gasteiger partial charge is 0.327 e. The predicted molar refractivity (Wildman–Crippen MR) is 64.7 cm³/mol. The Balaban J connectivity index is 1.93. The molecule has 16 heavy (non-hydrogen) atoms. The summed E-state index contributed by atoms with van der Waals surface area (Å²) in [4.78, 5) is 5.66.